The van der Waals surface area contributed by atoms with Gasteiger partial charge < -0.3 is 4.90 Å². The number of benzene rings is 2. The number of alkyl halides is 3. The van der Waals surface area contributed by atoms with Crippen molar-refractivity contribution in [2.45, 2.75) is 25.9 Å². The maximum absolute atomic E-state index is 13.0. The Balaban J connectivity index is 1.55. The molecule has 2 aromatic rings. The van der Waals surface area contributed by atoms with Crippen molar-refractivity contribution >= 4 is 18.0 Å². The first-order valence-corrected chi connectivity index (χ1v) is 9.61. The summed E-state index contributed by atoms with van der Waals surface area (Å²) in [7, 11) is 0. The number of halogens is 3. The van der Waals surface area contributed by atoms with E-state index >= 15 is 0 Å². The molecular formula is C22H22F3N3O2. The van der Waals surface area contributed by atoms with Crippen LogP contribution in [0, 0.1) is 12.8 Å². The number of rotatable bonds is 4. The first kappa shape index (κ1) is 21.5. The zero-order valence-electron chi connectivity index (χ0n) is 16.4. The number of hydrogen-bond donors (Lipinski definition) is 1. The molecular weight excluding hydrogens is 395 g/mol. The maximum atomic E-state index is 13.0. The third kappa shape index (κ3) is 5.06. The van der Waals surface area contributed by atoms with Crippen LogP contribution >= 0.6 is 0 Å². The van der Waals surface area contributed by atoms with E-state index in [-0.39, 0.29) is 23.3 Å². The van der Waals surface area contributed by atoms with Crippen molar-refractivity contribution in [3.05, 3.63) is 70.8 Å². The second-order valence-electron chi connectivity index (χ2n) is 7.20. The van der Waals surface area contributed by atoms with Gasteiger partial charge >= 0.3 is 6.18 Å². The number of nitrogens with zero attached hydrogens (tertiary/aromatic N) is 2. The molecule has 3 rings (SSSR count). The minimum atomic E-state index is -4.50. The summed E-state index contributed by atoms with van der Waals surface area (Å²) in [4.78, 5) is 26.7. The highest BCUT2D eigenvalue weighted by Gasteiger charge is 2.32. The fourth-order valence-corrected chi connectivity index (χ4v) is 3.45. The Morgan fingerprint density at radius 3 is 2.37 bits per heavy atom. The van der Waals surface area contributed by atoms with E-state index in [2.05, 4.69) is 10.5 Å². The van der Waals surface area contributed by atoms with Crippen LogP contribution in [0.4, 0.5) is 13.2 Å². The van der Waals surface area contributed by atoms with Gasteiger partial charge in [0.2, 0.25) is 5.91 Å². The molecule has 1 aliphatic rings. The topological polar surface area (TPSA) is 61.8 Å². The predicted octanol–water partition coefficient (Wildman–Crippen LogP) is 4.02. The van der Waals surface area contributed by atoms with Gasteiger partial charge in [0.25, 0.3) is 5.91 Å². The number of aryl methyl sites for hydroxylation is 1. The van der Waals surface area contributed by atoms with Gasteiger partial charge in [-0.05, 0) is 37.5 Å². The first-order chi connectivity index (χ1) is 14.3. The summed E-state index contributed by atoms with van der Waals surface area (Å²) in [6.45, 7) is 2.75. The van der Waals surface area contributed by atoms with Gasteiger partial charge in [-0.1, -0.05) is 36.4 Å². The molecule has 1 aliphatic heterocycles. The Morgan fingerprint density at radius 1 is 1.07 bits per heavy atom. The first-order valence-electron chi connectivity index (χ1n) is 9.61. The summed E-state index contributed by atoms with van der Waals surface area (Å²) in [5, 5.41) is 3.70. The van der Waals surface area contributed by atoms with Crippen LogP contribution in [0.25, 0.3) is 0 Å². The van der Waals surface area contributed by atoms with Crippen LogP contribution in [0.5, 0.6) is 0 Å². The molecule has 8 heteroatoms. The highest BCUT2D eigenvalue weighted by Crippen LogP contribution is 2.31. The molecule has 1 N–H and O–H groups in total. The Bertz CT molecular complexity index is 949. The van der Waals surface area contributed by atoms with Gasteiger partial charge in [-0.25, -0.2) is 5.43 Å². The lowest BCUT2D eigenvalue weighted by Crippen LogP contribution is -2.42. The van der Waals surface area contributed by atoms with Gasteiger partial charge in [-0.2, -0.15) is 18.3 Å². The molecule has 30 heavy (non-hydrogen) atoms. The Morgan fingerprint density at radius 2 is 1.70 bits per heavy atom. The van der Waals surface area contributed by atoms with E-state index in [1.807, 2.05) is 25.1 Å². The summed E-state index contributed by atoms with van der Waals surface area (Å²) >= 11 is 0. The van der Waals surface area contributed by atoms with E-state index in [0.717, 1.165) is 17.8 Å². The molecule has 0 atom stereocenters. The molecule has 1 fully saturated rings. The molecule has 1 saturated heterocycles. The number of hydrogen-bond acceptors (Lipinski definition) is 3. The number of carbonyl (C=O) groups is 2. The molecule has 158 valence electrons. The minimum Gasteiger partial charge on any atom is -0.339 e. The van der Waals surface area contributed by atoms with Crippen molar-refractivity contribution in [2.24, 2.45) is 11.0 Å². The Kier molecular flexibility index (Phi) is 6.54. The van der Waals surface area contributed by atoms with Crippen LogP contribution in [0.2, 0.25) is 0 Å². The monoisotopic (exact) mass is 417 g/mol. The van der Waals surface area contributed by atoms with E-state index in [1.165, 1.54) is 18.2 Å². The molecule has 0 saturated carbocycles. The zero-order valence-corrected chi connectivity index (χ0v) is 16.4. The zero-order chi connectivity index (χ0) is 21.7. The molecule has 0 aromatic heterocycles. The van der Waals surface area contributed by atoms with E-state index in [4.69, 9.17) is 0 Å². The molecule has 0 unspecified atom stereocenters. The van der Waals surface area contributed by atoms with E-state index in [1.54, 1.807) is 11.0 Å². The second-order valence-corrected chi connectivity index (χ2v) is 7.20. The average Bonchev–Trinajstić information content (AvgIpc) is 2.73. The largest absolute Gasteiger partial charge is 0.417 e. The Hall–Kier alpha value is -3.16. The smallest absolute Gasteiger partial charge is 0.339 e. The minimum absolute atomic E-state index is 0.0614. The fourth-order valence-electron chi connectivity index (χ4n) is 3.45. The van der Waals surface area contributed by atoms with Crippen LogP contribution in [0.15, 0.2) is 53.6 Å². The van der Waals surface area contributed by atoms with Crippen molar-refractivity contribution in [3.8, 4) is 0 Å². The number of amides is 2. The molecule has 5 nitrogen and oxygen atoms in total. The van der Waals surface area contributed by atoms with Gasteiger partial charge in [0, 0.05) is 30.1 Å². The van der Waals surface area contributed by atoms with Gasteiger partial charge in [-0.3, -0.25) is 9.59 Å². The maximum Gasteiger partial charge on any atom is 0.417 e. The highest BCUT2D eigenvalue weighted by molar-refractivity contribution is 5.95. The SMILES string of the molecule is Cc1ccccc1C(=O)N1CCC(C(=O)N/N=C\c2ccccc2C(F)(F)F)CC1. The lowest BCUT2D eigenvalue weighted by Gasteiger charge is -2.31. The van der Waals surface area contributed by atoms with Gasteiger partial charge in [0.05, 0.1) is 11.8 Å². The third-order valence-electron chi connectivity index (χ3n) is 5.17. The van der Waals surface area contributed by atoms with Gasteiger partial charge in [0.1, 0.15) is 0 Å². The lowest BCUT2D eigenvalue weighted by atomic mass is 9.95. The van der Waals surface area contributed by atoms with Gasteiger partial charge in [-0.15, -0.1) is 0 Å². The molecule has 0 bridgehead atoms. The van der Waals surface area contributed by atoms with Crippen molar-refractivity contribution in [1.29, 1.82) is 0 Å². The third-order valence-corrected chi connectivity index (χ3v) is 5.17. The quantitative estimate of drug-likeness (QED) is 0.604. The van der Waals surface area contributed by atoms with Crippen LogP contribution < -0.4 is 5.43 Å². The standard InChI is InChI=1S/C22H22F3N3O2/c1-15-6-2-4-8-18(15)21(30)28-12-10-16(11-13-28)20(29)27-26-14-17-7-3-5-9-19(17)22(23,24)25/h2-9,14,16H,10-13H2,1H3,(H,27,29)/b26-14-. The number of carbonyl (C=O) groups excluding carboxylic acids is 2. The summed E-state index contributed by atoms with van der Waals surface area (Å²) in [5.41, 5.74) is 2.93. The van der Waals surface area contributed by atoms with Crippen molar-refractivity contribution < 1.29 is 22.8 Å². The molecule has 2 amide bonds. The Labute approximate surface area is 172 Å². The summed E-state index contributed by atoms with van der Waals surface area (Å²) < 4.78 is 39.0. The molecule has 0 spiro atoms. The number of piperidine rings is 1. The fraction of sp³-hybridized carbons (Fsp3) is 0.318. The van der Waals surface area contributed by atoms with Crippen LogP contribution in [0.1, 0.15) is 39.9 Å². The molecule has 0 aliphatic carbocycles. The lowest BCUT2D eigenvalue weighted by molar-refractivity contribution is -0.137. The van der Waals surface area contributed by atoms with Crippen molar-refractivity contribution in [1.82, 2.24) is 10.3 Å². The number of hydrazone groups is 1. The molecule has 2 aromatic carbocycles. The average molecular weight is 417 g/mol. The van der Waals surface area contributed by atoms with Crippen LogP contribution in [0.3, 0.4) is 0 Å². The predicted molar refractivity (Wildman–Crippen MR) is 107 cm³/mol. The second kappa shape index (κ2) is 9.11. The van der Waals surface area contributed by atoms with Gasteiger partial charge in [0.15, 0.2) is 0 Å². The molecule has 1 heterocycles. The van der Waals surface area contributed by atoms with Crippen LogP contribution in [-0.2, 0) is 11.0 Å². The number of likely N-dealkylation sites (tertiary alicyclic amines) is 1. The highest BCUT2D eigenvalue weighted by atomic mass is 19.4. The normalized spacial score (nSPS) is 15.4. The summed E-state index contributed by atoms with van der Waals surface area (Å²) in [6, 6.07) is 12.4. The van der Waals surface area contributed by atoms with Crippen LogP contribution in [-0.4, -0.2) is 36.0 Å². The van der Waals surface area contributed by atoms with E-state index in [9.17, 15) is 22.8 Å². The van der Waals surface area contributed by atoms with Crippen molar-refractivity contribution in [3.63, 3.8) is 0 Å². The van der Waals surface area contributed by atoms with E-state index in [0.29, 0.717) is 31.5 Å². The summed E-state index contributed by atoms with van der Waals surface area (Å²) in [6.07, 6.45) is -2.56. The molecule has 0 radical (unpaired) electrons. The number of nitrogens with one attached hydrogen (secondary N) is 1. The summed E-state index contributed by atoms with van der Waals surface area (Å²) in [5.74, 6) is -0.770. The van der Waals surface area contributed by atoms with Crippen molar-refractivity contribution in [2.75, 3.05) is 13.1 Å². The van der Waals surface area contributed by atoms with E-state index < -0.39 is 11.7 Å².